The first-order valence-electron chi connectivity index (χ1n) is 4.85. The number of primary amides is 1. The first-order chi connectivity index (χ1) is 7.20. The number of aliphatic hydroxyl groups excluding tert-OH is 1. The molecule has 0 aliphatic carbocycles. The maximum atomic E-state index is 10.3. The number of rotatable bonds is 5. The molecule has 0 aromatic heterocycles. The summed E-state index contributed by atoms with van der Waals surface area (Å²) >= 11 is 0. The largest absolute Gasteiger partial charge is 0.450 e. The molecule has 0 aliphatic heterocycles. The highest BCUT2D eigenvalue weighted by atomic mass is 16.5. The molecule has 1 rings (SSSR count). The fourth-order valence-corrected chi connectivity index (χ4v) is 1.29. The normalized spacial score (nSPS) is 12.1. The number of ether oxygens (including phenoxy) is 1. The summed E-state index contributed by atoms with van der Waals surface area (Å²) in [4.78, 5) is 10.3. The first kappa shape index (κ1) is 11.5. The van der Waals surface area contributed by atoms with E-state index in [1.165, 1.54) is 0 Å². The van der Waals surface area contributed by atoms with Crippen LogP contribution in [0.2, 0.25) is 0 Å². The van der Waals surface area contributed by atoms with Gasteiger partial charge in [-0.2, -0.15) is 0 Å². The molecule has 1 unspecified atom stereocenters. The van der Waals surface area contributed by atoms with Gasteiger partial charge in [0, 0.05) is 0 Å². The predicted octanol–water partition coefficient (Wildman–Crippen LogP) is 1.60. The summed E-state index contributed by atoms with van der Waals surface area (Å²) in [5.41, 5.74) is 5.67. The van der Waals surface area contributed by atoms with Gasteiger partial charge in [-0.25, -0.2) is 4.79 Å². The molecule has 1 aromatic carbocycles. The molecule has 4 heteroatoms. The molecule has 1 atom stereocenters. The van der Waals surface area contributed by atoms with Crippen molar-refractivity contribution in [3.63, 3.8) is 0 Å². The second kappa shape index (κ2) is 6.03. The Bertz CT molecular complexity index is 300. The van der Waals surface area contributed by atoms with Crippen LogP contribution in [0.15, 0.2) is 30.3 Å². The Labute approximate surface area is 88.7 Å². The molecule has 4 nitrogen and oxygen atoms in total. The van der Waals surface area contributed by atoms with Gasteiger partial charge < -0.3 is 15.6 Å². The highest BCUT2D eigenvalue weighted by Gasteiger charge is 2.06. The van der Waals surface area contributed by atoms with Crippen LogP contribution in [0.4, 0.5) is 4.79 Å². The van der Waals surface area contributed by atoms with Crippen molar-refractivity contribution >= 4 is 6.09 Å². The molecule has 0 saturated heterocycles. The third-order valence-electron chi connectivity index (χ3n) is 2.05. The average Bonchev–Trinajstić information content (AvgIpc) is 2.25. The van der Waals surface area contributed by atoms with Gasteiger partial charge in [0.25, 0.3) is 0 Å². The Balaban J connectivity index is 2.25. The predicted molar refractivity (Wildman–Crippen MR) is 56.2 cm³/mol. The molecule has 15 heavy (non-hydrogen) atoms. The molecule has 0 saturated carbocycles. The number of hydrogen-bond acceptors (Lipinski definition) is 3. The minimum absolute atomic E-state index is 0.249. The van der Waals surface area contributed by atoms with E-state index in [0.717, 1.165) is 5.56 Å². The lowest BCUT2D eigenvalue weighted by atomic mass is 10.1. The van der Waals surface area contributed by atoms with E-state index in [1.807, 2.05) is 30.3 Å². The molecule has 0 bridgehead atoms. The van der Waals surface area contributed by atoms with Gasteiger partial charge in [-0.3, -0.25) is 0 Å². The monoisotopic (exact) mass is 209 g/mol. The lowest BCUT2D eigenvalue weighted by molar-refractivity contribution is 0.130. The molecule has 1 aromatic rings. The second-order valence-electron chi connectivity index (χ2n) is 3.24. The van der Waals surface area contributed by atoms with E-state index in [9.17, 15) is 9.90 Å². The molecule has 0 radical (unpaired) electrons. The summed E-state index contributed by atoms with van der Waals surface area (Å²) in [5, 5.41) is 9.71. The molecule has 0 spiro atoms. The zero-order valence-corrected chi connectivity index (χ0v) is 8.43. The van der Waals surface area contributed by atoms with E-state index in [4.69, 9.17) is 5.73 Å². The molecule has 3 N–H and O–H groups in total. The van der Waals surface area contributed by atoms with Gasteiger partial charge in [-0.05, 0) is 18.4 Å². The number of aliphatic hydroxyl groups is 1. The van der Waals surface area contributed by atoms with Crippen molar-refractivity contribution in [1.82, 2.24) is 0 Å². The number of benzene rings is 1. The maximum Gasteiger partial charge on any atom is 0.404 e. The molecular formula is C11H15NO3. The minimum atomic E-state index is -0.774. The van der Waals surface area contributed by atoms with Crippen molar-refractivity contribution in [3.8, 4) is 0 Å². The van der Waals surface area contributed by atoms with Gasteiger partial charge in [0.2, 0.25) is 0 Å². The number of carbonyl (C=O) groups excluding carboxylic acids is 1. The van der Waals surface area contributed by atoms with E-state index >= 15 is 0 Å². The van der Waals surface area contributed by atoms with Crippen LogP contribution in [0.1, 0.15) is 24.5 Å². The molecule has 0 fully saturated rings. The van der Waals surface area contributed by atoms with Crippen LogP contribution in [-0.2, 0) is 4.74 Å². The fraction of sp³-hybridized carbons (Fsp3) is 0.364. The number of amides is 1. The second-order valence-corrected chi connectivity index (χ2v) is 3.24. The minimum Gasteiger partial charge on any atom is -0.450 e. The molecular weight excluding hydrogens is 194 g/mol. The Morgan fingerprint density at radius 1 is 1.40 bits per heavy atom. The zero-order valence-electron chi connectivity index (χ0n) is 8.43. The van der Waals surface area contributed by atoms with E-state index in [2.05, 4.69) is 4.74 Å². The SMILES string of the molecule is NC(=O)OCCCC(O)c1ccccc1. The van der Waals surface area contributed by atoms with Crippen molar-refractivity contribution in [2.24, 2.45) is 5.73 Å². The Kier molecular flexibility index (Phi) is 4.63. The van der Waals surface area contributed by atoms with Crippen LogP contribution < -0.4 is 5.73 Å². The highest BCUT2D eigenvalue weighted by Crippen LogP contribution is 2.17. The van der Waals surface area contributed by atoms with Crippen molar-refractivity contribution in [2.75, 3.05) is 6.61 Å². The first-order valence-corrected chi connectivity index (χ1v) is 4.85. The highest BCUT2D eigenvalue weighted by molar-refractivity contribution is 5.64. The molecule has 0 heterocycles. The van der Waals surface area contributed by atoms with Gasteiger partial charge in [0.05, 0.1) is 12.7 Å². The quantitative estimate of drug-likeness (QED) is 0.723. The van der Waals surface area contributed by atoms with Crippen molar-refractivity contribution in [2.45, 2.75) is 18.9 Å². The van der Waals surface area contributed by atoms with Crippen LogP contribution in [0, 0.1) is 0 Å². The van der Waals surface area contributed by atoms with Crippen LogP contribution in [0.5, 0.6) is 0 Å². The summed E-state index contributed by atoms with van der Waals surface area (Å²) < 4.78 is 4.56. The Morgan fingerprint density at radius 3 is 2.67 bits per heavy atom. The molecule has 82 valence electrons. The standard InChI is InChI=1S/C11H15NO3/c12-11(14)15-8-4-7-10(13)9-5-2-1-3-6-9/h1-3,5-6,10,13H,4,7-8H2,(H2,12,14). The average molecular weight is 209 g/mol. The van der Waals surface area contributed by atoms with Crippen LogP contribution in [0.25, 0.3) is 0 Å². The van der Waals surface area contributed by atoms with E-state index in [0.29, 0.717) is 12.8 Å². The van der Waals surface area contributed by atoms with Crippen LogP contribution >= 0.6 is 0 Å². The van der Waals surface area contributed by atoms with Crippen molar-refractivity contribution in [1.29, 1.82) is 0 Å². The van der Waals surface area contributed by atoms with Gasteiger partial charge in [-0.1, -0.05) is 30.3 Å². The summed E-state index contributed by atoms with van der Waals surface area (Å²) in [5.74, 6) is 0. The van der Waals surface area contributed by atoms with Crippen LogP contribution in [0.3, 0.4) is 0 Å². The van der Waals surface area contributed by atoms with Gasteiger partial charge in [0.1, 0.15) is 0 Å². The third kappa shape index (κ3) is 4.46. The summed E-state index contributed by atoms with van der Waals surface area (Å²) in [7, 11) is 0. The summed E-state index contributed by atoms with van der Waals surface area (Å²) in [6.07, 6.45) is -0.136. The third-order valence-corrected chi connectivity index (χ3v) is 2.05. The summed E-state index contributed by atoms with van der Waals surface area (Å²) in [6, 6.07) is 9.36. The van der Waals surface area contributed by atoms with Crippen molar-refractivity contribution in [3.05, 3.63) is 35.9 Å². The van der Waals surface area contributed by atoms with Crippen molar-refractivity contribution < 1.29 is 14.6 Å². The number of nitrogens with two attached hydrogens (primary N) is 1. The lowest BCUT2D eigenvalue weighted by Crippen LogP contribution is -2.14. The van der Waals surface area contributed by atoms with Crippen LogP contribution in [-0.4, -0.2) is 17.8 Å². The number of hydrogen-bond donors (Lipinski definition) is 2. The maximum absolute atomic E-state index is 10.3. The van der Waals surface area contributed by atoms with E-state index in [1.54, 1.807) is 0 Å². The summed E-state index contributed by atoms with van der Waals surface area (Å²) in [6.45, 7) is 0.249. The molecule has 0 aliphatic rings. The smallest absolute Gasteiger partial charge is 0.404 e. The molecule has 1 amide bonds. The fourth-order valence-electron chi connectivity index (χ4n) is 1.29. The zero-order chi connectivity index (χ0) is 11.1. The van der Waals surface area contributed by atoms with Gasteiger partial charge in [-0.15, -0.1) is 0 Å². The van der Waals surface area contributed by atoms with Gasteiger partial charge >= 0.3 is 6.09 Å². The Hall–Kier alpha value is -1.55. The topological polar surface area (TPSA) is 72.6 Å². The Morgan fingerprint density at radius 2 is 2.07 bits per heavy atom. The lowest BCUT2D eigenvalue weighted by Gasteiger charge is -2.10. The van der Waals surface area contributed by atoms with E-state index in [-0.39, 0.29) is 6.61 Å². The van der Waals surface area contributed by atoms with Gasteiger partial charge in [0.15, 0.2) is 0 Å². The number of carbonyl (C=O) groups is 1. The van der Waals surface area contributed by atoms with E-state index < -0.39 is 12.2 Å².